The van der Waals surface area contributed by atoms with E-state index in [4.69, 9.17) is 4.18 Å². The number of carbonyl (C=O) groups is 1. The van der Waals surface area contributed by atoms with Gasteiger partial charge in [-0.25, -0.2) is 0 Å². The van der Waals surface area contributed by atoms with Crippen molar-refractivity contribution in [3.63, 3.8) is 0 Å². The highest BCUT2D eigenvalue weighted by Crippen LogP contribution is 2.31. The van der Waals surface area contributed by atoms with Crippen LogP contribution < -0.4 is 5.32 Å². The second kappa shape index (κ2) is 19.0. The van der Waals surface area contributed by atoms with E-state index in [1.165, 1.54) is 83.5 Å². The second-order valence-corrected chi connectivity index (χ2v) is 13.1. The Kier molecular flexibility index (Phi) is 16.2. The van der Waals surface area contributed by atoms with Gasteiger partial charge < -0.3 is 5.32 Å². The van der Waals surface area contributed by atoms with Crippen molar-refractivity contribution in [2.24, 2.45) is 0 Å². The van der Waals surface area contributed by atoms with Crippen LogP contribution in [0, 0.1) is 6.92 Å². The molecule has 2 aromatic carbocycles. The highest BCUT2D eigenvalue weighted by Gasteiger charge is 2.28. The molecule has 0 aliphatic heterocycles. The van der Waals surface area contributed by atoms with Crippen molar-refractivity contribution in [3.05, 3.63) is 65.2 Å². The van der Waals surface area contributed by atoms with Crippen molar-refractivity contribution in [3.8, 4) is 0 Å². The van der Waals surface area contributed by atoms with Crippen LogP contribution in [0.3, 0.4) is 0 Å². The van der Waals surface area contributed by atoms with Crippen LogP contribution in [-0.4, -0.2) is 14.8 Å². The monoisotopic (exact) mass is 571 g/mol. The van der Waals surface area contributed by atoms with Gasteiger partial charge in [0.25, 0.3) is 10.1 Å². The summed E-state index contributed by atoms with van der Waals surface area (Å²) in [7, 11) is -3.88. The predicted octanol–water partition coefficient (Wildman–Crippen LogP) is 9.12. The molecule has 40 heavy (non-hydrogen) atoms. The molecular formula is C34H53NO4S. The maximum Gasteiger partial charge on any atom is 0.297 e. The maximum absolute atomic E-state index is 12.7. The molecule has 0 heterocycles. The van der Waals surface area contributed by atoms with Crippen LogP contribution in [0.2, 0.25) is 0 Å². The maximum atomic E-state index is 12.7. The van der Waals surface area contributed by atoms with E-state index >= 15 is 0 Å². The third kappa shape index (κ3) is 12.6. The molecule has 224 valence electrons. The lowest BCUT2D eigenvalue weighted by molar-refractivity contribution is -0.111. The van der Waals surface area contributed by atoms with Gasteiger partial charge in [0.2, 0.25) is 6.41 Å². The Balaban J connectivity index is 1.75. The molecule has 5 nitrogen and oxygen atoms in total. The Labute approximate surface area is 244 Å². The summed E-state index contributed by atoms with van der Waals surface area (Å²) in [6.07, 6.45) is 21.2. The Morgan fingerprint density at radius 2 is 1.25 bits per heavy atom. The number of carbonyl (C=O) groups excluding carboxylic acids is 1. The molecular weight excluding hydrogens is 518 g/mol. The SMILES string of the molecule is CCCCCCCCCCCCCCCCCC(C)(NC=O)c1ccccc1COS(=O)(=O)c1ccc(C)cc1. The first-order valence-corrected chi connectivity index (χ1v) is 17.0. The van der Waals surface area contributed by atoms with E-state index in [-0.39, 0.29) is 11.5 Å². The molecule has 1 unspecified atom stereocenters. The highest BCUT2D eigenvalue weighted by atomic mass is 32.2. The number of rotatable bonds is 23. The van der Waals surface area contributed by atoms with Crippen LogP contribution in [0.5, 0.6) is 0 Å². The van der Waals surface area contributed by atoms with E-state index in [0.29, 0.717) is 0 Å². The molecule has 0 saturated carbocycles. The molecule has 0 aliphatic rings. The summed E-state index contributed by atoms with van der Waals surface area (Å²) in [6, 6.07) is 14.3. The fourth-order valence-corrected chi connectivity index (χ4v) is 6.25. The summed E-state index contributed by atoms with van der Waals surface area (Å²) < 4.78 is 30.9. The van der Waals surface area contributed by atoms with Gasteiger partial charge in [-0.3, -0.25) is 8.98 Å². The van der Waals surface area contributed by atoms with E-state index in [2.05, 4.69) is 12.2 Å². The summed E-state index contributed by atoms with van der Waals surface area (Å²) in [6.45, 7) is 6.11. The Bertz CT molecular complexity index is 1070. The number of hydrogen-bond acceptors (Lipinski definition) is 4. The van der Waals surface area contributed by atoms with E-state index in [1.54, 1.807) is 24.3 Å². The van der Waals surface area contributed by atoms with Gasteiger partial charge in [0.1, 0.15) is 0 Å². The average Bonchev–Trinajstić information content (AvgIpc) is 2.94. The fourth-order valence-electron chi connectivity index (χ4n) is 5.36. The van der Waals surface area contributed by atoms with E-state index in [1.807, 2.05) is 38.1 Å². The van der Waals surface area contributed by atoms with E-state index < -0.39 is 15.7 Å². The van der Waals surface area contributed by atoms with Crippen molar-refractivity contribution >= 4 is 16.5 Å². The lowest BCUT2D eigenvalue weighted by Crippen LogP contribution is -2.39. The van der Waals surface area contributed by atoms with E-state index in [9.17, 15) is 13.2 Å². The topological polar surface area (TPSA) is 72.5 Å². The van der Waals surface area contributed by atoms with Gasteiger partial charge in [0.05, 0.1) is 17.0 Å². The Hall–Kier alpha value is -2.18. The number of benzene rings is 2. The molecule has 1 atom stereocenters. The zero-order chi connectivity index (χ0) is 29.1. The largest absolute Gasteiger partial charge is 0.349 e. The second-order valence-electron chi connectivity index (χ2n) is 11.5. The zero-order valence-electron chi connectivity index (χ0n) is 25.3. The van der Waals surface area contributed by atoms with Gasteiger partial charge in [0, 0.05) is 0 Å². The highest BCUT2D eigenvalue weighted by molar-refractivity contribution is 7.86. The third-order valence-electron chi connectivity index (χ3n) is 7.95. The number of hydrogen-bond donors (Lipinski definition) is 1. The smallest absolute Gasteiger partial charge is 0.297 e. The molecule has 1 N–H and O–H groups in total. The van der Waals surface area contributed by atoms with Gasteiger partial charge in [-0.1, -0.05) is 145 Å². The van der Waals surface area contributed by atoms with Crippen molar-refractivity contribution in [2.75, 3.05) is 0 Å². The van der Waals surface area contributed by atoms with Gasteiger partial charge in [0.15, 0.2) is 0 Å². The van der Waals surface area contributed by atoms with Gasteiger partial charge in [-0.05, 0) is 43.5 Å². The van der Waals surface area contributed by atoms with Crippen LogP contribution in [0.25, 0.3) is 0 Å². The quantitative estimate of drug-likeness (QED) is 0.0820. The van der Waals surface area contributed by atoms with Gasteiger partial charge in [-0.15, -0.1) is 0 Å². The van der Waals surface area contributed by atoms with Crippen molar-refractivity contribution < 1.29 is 17.4 Å². The zero-order valence-corrected chi connectivity index (χ0v) is 26.1. The molecule has 0 aromatic heterocycles. The summed E-state index contributed by atoms with van der Waals surface area (Å²) in [5, 5.41) is 3.01. The van der Waals surface area contributed by atoms with Crippen LogP contribution in [0.15, 0.2) is 53.4 Å². The van der Waals surface area contributed by atoms with Crippen LogP contribution in [0.1, 0.15) is 133 Å². The summed E-state index contributed by atoms with van der Waals surface area (Å²) >= 11 is 0. The molecule has 0 saturated heterocycles. The number of nitrogens with one attached hydrogen (secondary N) is 1. The normalized spacial score (nSPS) is 13.2. The lowest BCUT2D eigenvalue weighted by atomic mass is 9.84. The van der Waals surface area contributed by atoms with Crippen LogP contribution in [0.4, 0.5) is 0 Å². The lowest BCUT2D eigenvalue weighted by Gasteiger charge is -2.32. The fraction of sp³-hybridized carbons (Fsp3) is 0.618. The molecule has 2 aromatic rings. The molecule has 1 amide bonds. The van der Waals surface area contributed by atoms with Crippen LogP contribution in [-0.2, 0) is 31.2 Å². The van der Waals surface area contributed by atoms with Gasteiger partial charge >= 0.3 is 0 Å². The standard InChI is InChI=1S/C34H53NO4S/c1-4-5-6-7-8-9-10-11-12-13-14-15-16-17-20-27-34(3,35-29-36)33-22-19-18-21-31(33)28-39-40(37,38)32-25-23-30(2)24-26-32/h18-19,21-26,29H,4-17,20,27-28H2,1-3H3,(H,35,36). The summed E-state index contributed by atoms with van der Waals surface area (Å²) in [5.74, 6) is 0. The van der Waals surface area contributed by atoms with E-state index in [0.717, 1.165) is 42.4 Å². The Morgan fingerprint density at radius 1 is 0.750 bits per heavy atom. The Morgan fingerprint density at radius 3 is 1.77 bits per heavy atom. The number of unbranched alkanes of at least 4 members (excludes halogenated alkanes) is 14. The summed E-state index contributed by atoms with van der Waals surface area (Å²) in [5.41, 5.74) is 2.05. The predicted molar refractivity (Wildman–Crippen MR) is 166 cm³/mol. The first kappa shape index (κ1) is 34.0. The minimum atomic E-state index is -3.88. The molecule has 2 rings (SSSR count). The average molecular weight is 572 g/mol. The molecule has 0 fully saturated rings. The minimum Gasteiger partial charge on any atom is -0.349 e. The van der Waals surface area contributed by atoms with Crippen molar-refractivity contribution in [1.29, 1.82) is 0 Å². The molecule has 0 spiro atoms. The molecule has 6 heteroatoms. The van der Waals surface area contributed by atoms with Gasteiger partial charge in [-0.2, -0.15) is 8.42 Å². The third-order valence-corrected chi connectivity index (χ3v) is 9.23. The summed E-state index contributed by atoms with van der Waals surface area (Å²) in [4.78, 5) is 11.7. The molecule has 0 radical (unpaired) electrons. The minimum absolute atomic E-state index is 0.0820. The van der Waals surface area contributed by atoms with Crippen molar-refractivity contribution in [1.82, 2.24) is 5.32 Å². The first-order chi connectivity index (χ1) is 19.3. The van der Waals surface area contributed by atoms with Crippen molar-refractivity contribution in [2.45, 2.75) is 141 Å². The molecule has 0 bridgehead atoms. The number of amides is 1. The molecule has 0 aliphatic carbocycles. The van der Waals surface area contributed by atoms with Crippen LogP contribution >= 0.6 is 0 Å². The first-order valence-electron chi connectivity index (χ1n) is 15.6. The number of aryl methyl sites for hydroxylation is 1.